The topological polar surface area (TPSA) is 44.9 Å². The van der Waals surface area contributed by atoms with Crippen molar-refractivity contribution in [2.75, 3.05) is 0 Å². The fraction of sp³-hybridized carbons (Fsp3) is 0.220. The Morgan fingerprint density at radius 1 is 0.787 bits per heavy atom. The van der Waals surface area contributed by atoms with Crippen LogP contribution in [0.3, 0.4) is 0 Å². The zero-order valence-electron chi connectivity index (χ0n) is 27.7. The molecule has 0 saturated carbocycles. The monoisotopic (exact) mass is 797 g/mol. The minimum Gasteiger partial charge on any atom is -0.509 e. The van der Waals surface area contributed by atoms with E-state index in [4.69, 9.17) is 14.8 Å². The molecule has 0 aliphatic heterocycles. The number of benzene rings is 4. The number of aromatic nitrogens is 4. The molecule has 0 spiro atoms. The minimum atomic E-state index is -0.117. The van der Waals surface area contributed by atoms with Gasteiger partial charge in [0.05, 0.1) is 5.69 Å². The van der Waals surface area contributed by atoms with Gasteiger partial charge >= 0.3 is 21.1 Å². The summed E-state index contributed by atoms with van der Waals surface area (Å²) in [5.41, 5.74) is 9.69. The summed E-state index contributed by atoms with van der Waals surface area (Å²) < 4.78 is 10.9. The Bertz CT molecular complexity index is 2210. The number of pyridine rings is 1. The fourth-order valence-electron chi connectivity index (χ4n) is 6.28. The number of nitrogens with zero attached hydrogens (tertiary/aromatic N) is 4. The Morgan fingerprint density at radius 3 is 2.28 bits per heavy atom. The Kier molecular flexibility index (Phi) is 8.96. The quantitative estimate of drug-likeness (QED) is 0.151. The summed E-state index contributed by atoms with van der Waals surface area (Å²) in [6, 6.07) is 38.7. The van der Waals surface area contributed by atoms with Crippen molar-refractivity contribution in [3.63, 3.8) is 0 Å². The number of hydrogen-bond donors (Lipinski definition) is 0. The van der Waals surface area contributed by atoms with Crippen LogP contribution in [0.2, 0.25) is 0 Å². The van der Waals surface area contributed by atoms with Gasteiger partial charge in [0.1, 0.15) is 5.82 Å². The maximum Gasteiger partial charge on any atom is 2.00 e. The largest absolute Gasteiger partial charge is 2.00 e. The maximum atomic E-state index is 6.63. The number of fused-ring (bicyclic) bond motifs is 3. The van der Waals surface area contributed by atoms with Crippen molar-refractivity contribution in [3.05, 3.63) is 132 Å². The van der Waals surface area contributed by atoms with Gasteiger partial charge in [-0.15, -0.1) is 41.3 Å². The average Bonchev–Trinajstić information content (AvgIpc) is 3.60. The first-order chi connectivity index (χ1) is 22.2. The van der Waals surface area contributed by atoms with Crippen molar-refractivity contribution in [1.82, 2.24) is 19.3 Å². The van der Waals surface area contributed by atoms with Gasteiger partial charge in [-0.1, -0.05) is 88.7 Å². The van der Waals surface area contributed by atoms with Gasteiger partial charge in [-0.05, 0) is 65.6 Å². The van der Waals surface area contributed by atoms with Crippen molar-refractivity contribution in [3.8, 4) is 34.1 Å². The number of ether oxygens (including phenoxy) is 1. The van der Waals surface area contributed by atoms with E-state index in [1.165, 1.54) is 16.8 Å². The van der Waals surface area contributed by atoms with E-state index in [2.05, 4.69) is 142 Å². The zero-order valence-corrected chi connectivity index (χ0v) is 29.9. The van der Waals surface area contributed by atoms with Crippen molar-refractivity contribution in [2.24, 2.45) is 0 Å². The summed E-state index contributed by atoms with van der Waals surface area (Å²) in [6.45, 7) is 13.1. The Hall–Kier alpha value is -4.47. The number of hydrogen-bond acceptors (Lipinski definition) is 3. The van der Waals surface area contributed by atoms with Gasteiger partial charge in [-0.2, -0.15) is 11.2 Å². The number of para-hydroxylation sites is 1. The van der Waals surface area contributed by atoms with Crippen LogP contribution in [0.25, 0.3) is 44.4 Å². The van der Waals surface area contributed by atoms with Crippen LogP contribution in [0.4, 0.5) is 0 Å². The molecule has 0 saturated heterocycles. The van der Waals surface area contributed by atoms with E-state index in [-0.39, 0.29) is 26.5 Å². The second-order valence-electron chi connectivity index (χ2n) is 12.9. The molecular formula is C41H38N4OPt. The normalized spacial score (nSPS) is 11.6. The van der Waals surface area contributed by atoms with E-state index in [0.29, 0.717) is 11.5 Å². The Morgan fingerprint density at radius 2 is 1.55 bits per heavy atom. The summed E-state index contributed by atoms with van der Waals surface area (Å²) >= 11 is 0. The summed E-state index contributed by atoms with van der Waals surface area (Å²) in [7, 11) is 0. The van der Waals surface area contributed by atoms with Crippen molar-refractivity contribution in [2.45, 2.75) is 59.8 Å². The molecule has 47 heavy (non-hydrogen) atoms. The Labute approximate surface area is 291 Å². The smallest absolute Gasteiger partial charge is 0.509 e. The molecule has 0 radical (unpaired) electrons. The number of aryl methyl sites for hydroxylation is 2. The SMILES string of the molecule is CCc1nn(-c2[c-]c(Oc3[c-]c4c(cc3)c3ccccc3n4-c3cc(C)ccn3)cc(C(C)(C)C)c2)c(CC)c1-c1ccccc1.[Pt+2]. The summed E-state index contributed by atoms with van der Waals surface area (Å²) in [6.07, 6.45) is 3.53. The molecule has 3 aromatic heterocycles. The predicted molar refractivity (Wildman–Crippen MR) is 188 cm³/mol. The van der Waals surface area contributed by atoms with E-state index < -0.39 is 0 Å². The van der Waals surface area contributed by atoms with Crippen molar-refractivity contribution in [1.29, 1.82) is 0 Å². The molecule has 7 rings (SSSR count). The van der Waals surface area contributed by atoms with Gasteiger partial charge in [-0.3, -0.25) is 4.68 Å². The molecule has 0 amide bonds. The van der Waals surface area contributed by atoms with Gasteiger partial charge in [-0.25, -0.2) is 4.98 Å². The molecule has 0 bridgehead atoms. The van der Waals surface area contributed by atoms with Gasteiger partial charge in [0.2, 0.25) is 0 Å². The van der Waals surface area contributed by atoms with Gasteiger partial charge in [0.15, 0.2) is 0 Å². The first kappa shape index (κ1) is 32.5. The first-order valence-corrected chi connectivity index (χ1v) is 16.1. The molecule has 0 N–H and O–H groups in total. The van der Waals surface area contributed by atoms with Gasteiger partial charge in [0.25, 0.3) is 0 Å². The molecule has 0 fully saturated rings. The van der Waals surface area contributed by atoms with Crippen LogP contribution in [-0.2, 0) is 39.3 Å². The third kappa shape index (κ3) is 6.05. The van der Waals surface area contributed by atoms with E-state index in [1.54, 1.807) is 0 Å². The van der Waals surface area contributed by atoms with E-state index in [0.717, 1.165) is 63.0 Å². The molecule has 5 nitrogen and oxygen atoms in total. The van der Waals surface area contributed by atoms with Crippen LogP contribution in [0.1, 0.15) is 57.1 Å². The molecule has 0 aliphatic rings. The van der Waals surface area contributed by atoms with E-state index >= 15 is 0 Å². The van der Waals surface area contributed by atoms with Gasteiger partial charge in [0, 0.05) is 34.5 Å². The van der Waals surface area contributed by atoms with Crippen LogP contribution in [0.15, 0.2) is 97.2 Å². The molecular weight excluding hydrogens is 760 g/mol. The van der Waals surface area contributed by atoms with E-state index in [9.17, 15) is 0 Å². The van der Waals surface area contributed by atoms with Crippen molar-refractivity contribution < 1.29 is 25.8 Å². The zero-order chi connectivity index (χ0) is 32.0. The molecule has 238 valence electrons. The second-order valence-corrected chi connectivity index (χ2v) is 12.9. The molecule has 0 unspecified atom stereocenters. The minimum absolute atomic E-state index is 0. The fourth-order valence-corrected chi connectivity index (χ4v) is 6.28. The first-order valence-electron chi connectivity index (χ1n) is 16.1. The molecule has 0 aliphatic carbocycles. The summed E-state index contributed by atoms with van der Waals surface area (Å²) in [5, 5.41) is 7.40. The van der Waals surface area contributed by atoms with Crippen LogP contribution < -0.4 is 4.74 Å². The molecule has 7 aromatic rings. The standard InChI is InChI=1S/C41H38N4O.Pt/c1-7-35-40(28-14-10-9-11-15-28)36(8-2)45(43-35)30-23-29(41(4,5)6)24-32(25-30)46-31-18-19-34-33-16-12-13-17-37(33)44(38(34)26-31)39-22-27(3)20-21-42-39;/h9-24H,7-8H2,1-6H3;/q-2;+2. The number of rotatable bonds is 7. The third-order valence-electron chi connectivity index (χ3n) is 8.62. The molecule has 4 aromatic carbocycles. The maximum absolute atomic E-state index is 6.63. The predicted octanol–water partition coefficient (Wildman–Crippen LogP) is 10.2. The van der Waals surface area contributed by atoms with E-state index in [1.807, 2.05) is 18.3 Å². The summed E-state index contributed by atoms with van der Waals surface area (Å²) in [5.74, 6) is 2.11. The third-order valence-corrected chi connectivity index (χ3v) is 8.62. The molecule has 3 heterocycles. The van der Waals surface area contributed by atoms with Crippen LogP contribution >= 0.6 is 0 Å². The molecule has 6 heteroatoms. The second kappa shape index (κ2) is 13.0. The molecule has 0 atom stereocenters. The summed E-state index contributed by atoms with van der Waals surface area (Å²) in [4.78, 5) is 4.72. The van der Waals surface area contributed by atoms with Gasteiger partial charge < -0.3 is 9.30 Å². The average molecular weight is 798 g/mol. The Balaban J connectivity index is 0.00000386. The van der Waals surface area contributed by atoms with Crippen LogP contribution in [-0.4, -0.2) is 19.3 Å². The van der Waals surface area contributed by atoms with Crippen LogP contribution in [0.5, 0.6) is 11.5 Å². The van der Waals surface area contributed by atoms with Crippen molar-refractivity contribution >= 4 is 21.8 Å². The van der Waals surface area contributed by atoms with Crippen LogP contribution in [0, 0.1) is 19.1 Å².